The number of esters is 1. The van der Waals surface area contributed by atoms with E-state index in [4.69, 9.17) is 16.3 Å². The Hall–Kier alpha value is -2.36. The lowest BCUT2D eigenvalue weighted by molar-refractivity contribution is -0.147. The number of hydrogen-bond donors (Lipinski definition) is 0. The Bertz CT molecular complexity index is 1010. The predicted molar refractivity (Wildman–Crippen MR) is 101 cm³/mol. The summed E-state index contributed by atoms with van der Waals surface area (Å²) >= 11 is 5.92. The second-order valence-corrected chi connectivity index (χ2v) is 9.01. The van der Waals surface area contributed by atoms with Gasteiger partial charge >= 0.3 is 5.97 Å². The number of rotatable bonds is 5. The van der Waals surface area contributed by atoms with E-state index in [9.17, 15) is 18.5 Å². The fourth-order valence-corrected chi connectivity index (χ4v) is 5.81. The highest BCUT2D eigenvalue weighted by molar-refractivity contribution is 7.92. The topological polar surface area (TPSA) is 84.2 Å². The molecular weight excluding hydrogens is 386 g/mol. The van der Waals surface area contributed by atoms with Gasteiger partial charge in [0.2, 0.25) is 0 Å². The lowest BCUT2D eigenvalue weighted by Crippen LogP contribution is -2.25. The summed E-state index contributed by atoms with van der Waals surface area (Å²) in [4.78, 5) is 12.7. The zero-order valence-corrected chi connectivity index (χ0v) is 16.4. The van der Waals surface area contributed by atoms with Crippen LogP contribution >= 0.6 is 11.6 Å². The van der Waals surface area contributed by atoms with Crippen LogP contribution in [0.25, 0.3) is 0 Å². The molecule has 140 valence electrons. The average Bonchev–Trinajstić information content (AvgIpc) is 3.34. The van der Waals surface area contributed by atoms with E-state index in [0.29, 0.717) is 10.6 Å². The summed E-state index contributed by atoms with van der Waals surface area (Å²) in [6.45, 7) is 3.53. The minimum Gasteiger partial charge on any atom is -0.465 e. The van der Waals surface area contributed by atoms with E-state index in [-0.39, 0.29) is 11.5 Å². The number of sulfone groups is 1. The van der Waals surface area contributed by atoms with Crippen LogP contribution in [0.5, 0.6) is 0 Å². The van der Waals surface area contributed by atoms with Crippen LogP contribution in [-0.4, -0.2) is 26.2 Å². The highest BCUT2D eigenvalue weighted by Crippen LogP contribution is 2.64. The molecule has 0 aliphatic heterocycles. The van der Waals surface area contributed by atoms with Crippen molar-refractivity contribution in [2.75, 3.05) is 6.61 Å². The van der Waals surface area contributed by atoms with E-state index in [2.05, 4.69) is 0 Å². The van der Waals surface area contributed by atoms with Gasteiger partial charge in [-0.1, -0.05) is 41.4 Å². The van der Waals surface area contributed by atoms with Gasteiger partial charge in [-0.05, 0) is 43.7 Å². The highest BCUT2D eigenvalue weighted by atomic mass is 35.5. The Balaban J connectivity index is 2.12. The Morgan fingerprint density at radius 1 is 1.19 bits per heavy atom. The van der Waals surface area contributed by atoms with Gasteiger partial charge in [0.05, 0.1) is 17.6 Å². The zero-order chi connectivity index (χ0) is 19.8. The molecule has 0 radical (unpaired) electrons. The van der Waals surface area contributed by atoms with Crippen molar-refractivity contribution in [2.45, 2.75) is 29.9 Å². The first-order valence-electron chi connectivity index (χ1n) is 8.43. The fraction of sp³-hybridized carbons (Fsp3) is 0.300. The Labute approximate surface area is 163 Å². The molecule has 0 N–H and O–H groups in total. The van der Waals surface area contributed by atoms with Gasteiger partial charge in [-0.3, -0.25) is 4.79 Å². The maximum absolute atomic E-state index is 13.3. The largest absolute Gasteiger partial charge is 0.465 e. The fourth-order valence-electron chi connectivity index (χ4n) is 3.43. The van der Waals surface area contributed by atoms with Crippen LogP contribution in [0.4, 0.5) is 0 Å². The molecule has 0 saturated heterocycles. The number of hydrogen-bond acceptors (Lipinski definition) is 5. The first-order valence-corrected chi connectivity index (χ1v) is 10.4. The van der Waals surface area contributed by atoms with Gasteiger partial charge in [0.25, 0.3) is 0 Å². The first kappa shape index (κ1) is 19.4. The van der Waals surface area contributed by atoms with Crippen molar-refractivity contribution < 1.29 is 17.9 Å². The minimum absolute atomic E-state index is 0.0624. The standard InChI is InChI=1S/C20H18ClNO4S/c1-3-26-19(23)20(12-22)17(14-6-8-15(21)9-7-14)18(20)27(24,25)16-10-4-13(2)5-11-16/h4-11,17-18H,3H2,1-2H3/t17-,18+,20-/m1/s1. The van der Waals surface area contributed by atoms with Gasteiger partial charge < -0.3 is 4.74 Å². The summed E-state index contributed by atoms with van der Waals surface area (Å²) in [7, 11) is -3.93. The molecule has 1 aliphatic rings. The summed E-state index contributed by atoms with van der Waals surface area (Å²) in [5, 5.41) is 9.10. The monoisotopic (exact) mass is 403 g/mol. The van der Waals surface area contributed by atoms with E-state index in [1.54, 1.807) is 43.3 Å². The summed E-state index contributed by atoms with van der Waals surface area (Å²) < 4.78 is 31.6. The smallest absolute Gasteiger partial charge is 0.328 e. The van der Waals surface area contributed by atoms with Crippen LogP contribution < -0.4 is 0 Å². The SMILES string of the molecule is CCOC(=O)[C@]1(C#N)[C@H](c2ccc(Cl)cc2)[C@@H]1S(=O)(=O)c1ccc(C)cc1. The number of aryl methyl sites for hydroxylation is 1. The normalized spacial score (nSPS) is 24.1. The number of carbonyl (C=O) groups excluding carboxylic acids is 1. The second kappa shape index (κ2) is 6.99. The Morgan fingerprint density at radius 3 is 2.30 bits per heavy atom. The first-order chi connectivity index (χ1) is 12.8. The molecule has 5 nitrogen and oxygen atoms in total. The van der Waals surface area contributed by atoms with Crippen molar-refractivity contribution in [3.8, 4) is 6.07 Å². The van der Waals surface area contributed by atoms with Crippen molar-refractivity contribution in [1.82, 2.24) is 0 Å². The van der Waals surface area contributed by atoms with E-state index in [1.165, 1.54) is 12.1 Å². The molecule has 3 rings (SSSR count). The number of halogens is 1. The van der Waals surface area contributed by atoms with Gasteiger partial charge in [-0.2, -0.15) is 5.26 Å². The van der Waals surface area contributed by atoms with Crippen molar-refractivity contribution in [3.63, 3.8) is 0 Å². The molecule has 0 spiro atoms. The molecule has 3 atom stereocenters. The Morgan fingerprint density at radius 2 is 1.78 bits per heavy atom. The molecular formula is C20H18ClNO4S. The number of nitriles is 1. The number of carbonyl (C=O) groups is 1. The van der Waals surface area contributed by atoms with E-state index >= 15 is 0 Å². The van der Waals surface area contributed by atoms with Gasteiger partial charge in [0, 0.05) is 10.9 Å². The maximum atomic E-state index is 13.3. The van der Waals surface area contributed by atoms with Crippen LogP contribution in [0, 0.1) is 23.7 Å². The number of nitrogens with zero attached hydrogens (tertiary/aromatic N) is 1. The summed E-state index contributed by atoms with van der Waals surface area (Å²) in [5.41, 5.74) is -0.293. The number of ether oxygens (including phenoxy) is 1. The van der Waals surface area contributed by atoms with Crippen LogP contribution in [0.3, 0.4) is 0 Å². The van der Waals surface area contributed by atoms with Gasteiger partial charge in [-0.15, -0.1) is 0 Å². The molecule has 1 aliphatic carbocycles. The second-order valence-electron chi connectivity index (χ2n) is 6.51. The Kier molecular flexibility index (Phi) is 5.02. The van der Waals surface area contributed by atoms with Gasteiger partial charge in [0.15, 0.2) is 15.3 Å². The molecule has 0 heterocycles. The van der Waals surface area contributed by atoms with Crippen LogP contribution in [0.15, 0.2) is 53.4 Å². The third kappa shape index (κ3) is 3.11. The van der Waals surface area contributed by atoms with Crippen molar-refractivity contribution in [2.24, 2.45) is 5.41 Å². The van der Waals surface area contributed by atoms with Crippen LogP contribution in [0.2, 0.25) is 5.02 Å². The zero-order valence-electron chi connectivity index (χ0n) is 14.8. The molecule has 0 bridgehead atoms. The van der Waals surface area contributed by atoms with E-state index in [1.807, 2.05) is 13.0 Å². The molecule has 1 saturated carbocycles. The van der Waals surface area contributed by atoms with E-state index in [0.717, 1.165) is 5.56 Å². The highest BCUT2D eigenvalue weighted by Gasteiger charge is 2.77. The molecule has 2 aromatic carbocycles. The van der Waals surface area contributed by atoms with Crippen molar-refractivity contribution in [3.05, 3.63) is 64.7 Å². The molecule has 27 heavy (non-hydrogen) atoms. The van der Waals surface area contributed by atoms with Crippen LogP contribution in [-0.2, 0) is 19.4 Å². The summed E-state index contributed by atoms with van der Waals surface area (Å²) in [6.07, 6.45) is 0. The maximum Gasteiger partial charge on any atom is 0.328 e. The van der Waals surface area contributed by atoms with Crippen molar-refractivity contribution >= 4 is 27.4 Å². The van der Waals surface area contributed by atoms with Crippen molar-refractivity contribution in [1.29, 1.82) is 5.26 Å². The molecule has 0 unspecified atom stereocenters. The third-order valence-corrected chi connectivity index (χ3v) is 7.34. The summed E-state index contributed by atoms with van der Waals surface area (Å²) in [5.74, 6) is -1.63. The average molecular weight is 404 g/mol. The number of benzene rings is 2. The molecule has 0 aromatic heterocycles. The van der Waals surface area contributed by atoms with Crippen LogP contribution in [0.1, 0.15) is 24.0 Å². The van der Waals surface area contributed by atoms with Gasteiger partial charge in [0.1, 0.15) is 5.25 Å². The lowest BCUT2D eigenvalue weighted by atomic mass is 10.0. The molecule has 0 amide bonds. The minimum atomic E-state index is -3.93. The molecule has 2 aromatic rings. The lowest BCUT2D eigenvalue weighted by Gasteiger charge is -2.09. The molecule has 7 heteroatoms. The summed E-state index contributed by atoms with van der Waals surface area (Å²) in [6, 6.07) is 14.8. The quantitative estimate of drug-likeness (QED) is 0.711. The van der Waals surface area contributed by atoms with E-state index < -0.39 is 32.4 Å². The third-order valence-electron chi connectivity index (χ3n) is 4.84. The molecule has 1 fully saturated rings. The van der Waals surface area contributed by atoms with Gasteiger partial charge in [-0.25, -0.2) is 8.42 Å². The predicted octanol–water partition coefficient (Wildman–Crippen LogP) is 3.66.